The highest BCUT2D eigenvalue weighted by molar-refractivity contribution is 6.30. The number of rotatable bonds is 3. The van der Waals surface area contributed by atoms with Crippen LogP contribution in [0.4, 0.5) is 0 Å². The fraction of sp³-hybridized carbons (Fsp3) is 0.214. The minimum atomic E-state index is -2.01. The van der Waals surface area contributed by atoms with Crippen molar-refractivity contribution in [1.82, 2.24) is 0 Å². The average molecular weight is 479 g/mol. The first-order chi connectivity index (χ1) is 16.9. The van der Waals surface area contributed by atoms with E-state index in [1.807, 2.05) is 42.5 Å². The molecular weight excluding hydrogens is 460 g/mol. The first-order valence-electron chi connectivity index (χ1n) is 11.0. The van der Waals surface area contributed by atoms with Gasteiger partial charge in [-0.2, -0.15) is 15.8 Å². The molecule has 2 saturated heterocycles. The lowest BCUT2D eigenvalue weighted by Crippen LogP contribution is -2.57. The van der Waals surface area contributed by atoms with Crippen molar-refractivity contribution in [1.29, 1.82) is 21.2 Å². The lowest BCUT2D eigenvalue weighted by molar-refractivity contribution is -0.288. The monoisotopic (exact) mass is 478 g/mol. The predicted molar refractivity (Wildman–Crippen MR) is 129 cm³/mol. The number of nitrogens with one attached hydrogen (secondary N) is 1. The Labute approximate surface area is 208 Å². The van der Waals surface area contributed by atoms with Crippen LogP contribution in [0.25, 0.3) is 11.1 Å². The summed E-state index contributed by atoms with van der Waals surface area (Å²) >= 11 is 6.09. The van der Waals surface area contributed by atoms with Crippen LogP contribution in [0, 0.1) is 56.2 Å². The van der Waals surface area contributed by atoms with Gasteiger partial charge in [-0.15, -0.1) is 0 Å². The van der Waals surface area contributed by atoms with Crippen LogP contribution in [0.3, 0.4) is 0 Å². The molecule has 2 aliphatic rings. The molecule has 6 nitrogen and oxygen atoms in total. The second-order valence-corrected chi connectivity index (χ2v) is 9.20. The molecule has 0 amide bonds. The average Bonchev–Trinajstić information content (AvgIpc) is 3.06. The minimum Gasteiger partial charge on any atom is -0.443 e. The summed E-state index contributed by atoms with van der Waals surface area (Å²) in [7, 11) is 0. The van der Waals surface area contributed by atoms with Crippen molar-refractivity contribution in [2.24, 2.45) is 16.7 Å². The Balaban J connectivity index is 1.71. The van der Waals surface area contributed by atoms with Crippen LogP contribution in [0.15, 0.2) is 78.9 Å². The SMILES string of the molecule is CC1C2(c3ccc(Cl)cc3)OC(=N)C1(C#N)C(C#N)(C#N)C(c1ccc(-c3ccccc3)cc1)O2. The highest BCUT2D eigenvalue weighted by Crippen LogP contribution is 2.69. The molecule has 2 bridgehead atoms. The molecule has 2 fully saturated rings. The van der Waals surface area contributed by atoms with Crippen LogP contribution >= 0.6 is 11.6 Å². The number of halogens is 1. The summed E-state index contributed by atoms with van der Waals surface area (Å²) in [6.45, 7) is 1.68. The van der Waals surface area contributed by atoms with Crippen molar-refractivity contribution in [3.05, 3.63) is 95.0 Å². The third-order valence-corrected chi connectivity index (χ3v) is 7.49. The summed E-state index contributed by atoms with van der Waals surface area (Å²) < 4.78 is 12.5. The summed E-state index contributed by atoms with van der Waals surface area (Å²) in [6, 6.07) is 30.2. The van der Waals surface area contributed by atoms with Crippen LogP contribution in [-0.4, -0.2) is 5.90 Å². The van der Waals surface area contributed by atoms with E-state index in [9.17, 15) is 15.8 Å². The summed E-state index contributed by atoms with van der Waals surface area (Å²) in [5.41, 5.74) is -0.814. The number of hydrogen-bond acceptors (Lipinski definition) is 6. The van der Waals surface area contributed by atoms with Crippen molar-refractivity contribution in [3.8, 4) is 29.3 Å². The van der Waals surface area contributed by atoms with Crippen LogP contribution in [0.2, 0.25) is 5.02 Å². The van der Waals surface area contributed by atoms with E-state index in [2.05, 4.69) is 18.2 Å². The topological polar surface area (TPSA) is 114 Å². The highest BCUT2D eigenvalue weighted by Gasteiger charge is 2.79. The highest BCUT2D eigenvalue weighted by atomic mass is 35.5. The Bertz CT molecular complexity index is 1420. The molecule has 7 heteroatoms. The Kier molecular flexibility index (Phi) is 5.15. The predicted octanol–water partition coefficient (Wildman–Crippen LogP) is 6.12. The maximum atomic E-state index is 10.4. The minimum absolute atomic E-state index is 0.450. The van der Waals surface area contributed by atoms with Crippen molar-refractivity contribution in [2.45, 2.75) is 18.8 Å². The van der Waals surface area contributed by atoms with Gasteiger partial charge in [0.25, 0.3) is 0 Å². The molecule has 35 heavy (non-hydrogen) atoms. The largest absolute Gasteiger partial charge is 0.443 e. The number of hydrogen-bond donors (Lipinski definition) is 1. The zero-order valence-corrected chi connectivity index (χ0v) is 19.5. The first kappa shape index (κ1) is 22.6. The number of ether oxygens (including phenoxy) is 2. The van der Waals surface area contributed by atoms with Gasteiger partial charge in [0.1, 0.15) is 6.10 Å². The van der Waals surface area contributed by atoms with Crippen molar-refractivity contribution in [3.63, 3.8) is 0 Å². The van der Waals surface area contributed by atoms with Gasteiger partial charge in [-0.05, 0) is 28.8 Å². The van der Waals surface area contributed by atoms with Gasteiger partial charge >= 0.3 is 0 Å². The van der Waals surface area contributed by atoms with E-state index in [-0.39, 0.29) is 0 Å². The third-order valence-electron chi connectivity index (χ3n) is 7.24. The summed E-state index contributed by atoms with van der Waals surface area (Å²) in [5, 5.41) is 40.4. The van der Waals surface area contributed by atoms with Gasteiger partial charge in [0.15, 0.2) is 5.41 Å². The number of nitrogens with zero attached hydrogens (tertiary/aromatic N) is 3. The van der Waals surface area contributed by atoms with E-state index in [1.165, 1.54) is 0 Å². The molecule has 4 unspecified atom stereocenters. The Hall–Kier alpha value is -4.15. The molecule has 5 rings (SSSR count). The van der Waals surface area contributed by atoms with Gasteiger partial charge in [0.2, 0.25) is 17.1 Å². The van der Waals surface area contributed by atoms with E-state index in [0.29, 0.717) is 16.1 Å². The lowest BCUT2D eigenvalue weighted by atomic mass is 9.53. The number of nitriles is 3. The lowest BCUT2D eigenvalue weighted by Gasteiger charge is -2.48. The van der Waals surface area contributed by atoms with Crippen LogP contribution in [0.1, 0.15) is 24.2 Å². The maximum Gasteiger partial charge on any atom is 0.244 e. The molecule has 0 aliphatic carbocycles. The van der Waals surface area contributed by atoms with Crippen molar-refractivity contribution in [2.75, 3.05) is 0 Å². The first-order valence-corrected chi connectivity index (χ1v) is 11.4. The van der Waals surface area contributed by atoms with E-state index in [0.717, 1.165) is 11.1 Å². The molecule has 0 aromatic heterocycles. The molecule has 2 heterocycles. The molecule has 170 valence electrons. The second kappa shape index (κ2) is 7.97. The third kappa shape index (κ3) is 2.87. The van der Waals surface area contributed by atoms with Gasteiger partial charge in [-0.25, -0.2) is 0 Å². The van der Waals surface area contributed by atoms with Crippen molar-refractivity contribution < 1.29 is 9.47 Å². The molecule has 0 radical (unpaired) electrons. The molecule has 0 saturated carbocycles. The van der Waals surface area contributed by atoms with Crippen molar-refractivity contribution >= 4 is 17.5 Å². The van der Waals surface area contributed by atoms with Crippen LogP contribution in [-0.2, 0) is 15.3 Å². The molecule has 4 atom stereocenters. The normalized spacial score (nSPS) is 28.3. The van der Waals surface area contributed by atoms with E-state index in [1.54, 1.807) is 43.3 Å². The molecule has 0 spiro atoms. The van der Waals surface area contributed by atoms with E-state index in [4.69, 9.17) is 26.5 Å². The van der Waals surface area contributed by atoms with E-state index >= 15 is 0 Å². The standard InChI is InChI=1S/C28H19ClN4O2/c1-18-27(17-32)25(33)35-28(18,22-11-13-23(29)14-12-22)34-24(26(27,15-30)16-31)21-9-7-20(8-10-21)19-5-3-2-4-6-19/h2-14,18,24,33H,1H3. The molecule has 3 aromatic carbocycles. The summed E-state index contributed by atoms with van der Waals surface area (Å²) in [4.78, 5) is 0. The van der Waals surface area contributed by atoms with Gasteiger partial charge in [-0.3, -0.25) is 5.41 Å². The molecule has 1 N–H and O–H groups in total. The fourth-order valence-corrected chi connectivity index (χ4v) is 5.46. The van der Waals surface area contributed by atoms with Crippen LogP contribution < -0.4 is 0 Å². The smallest absolute Gasteiger partial charge is 0.244 e. The maximum absolute atomic E-state index is 10.4. The van der Waals surface area contributed by atoms with Gasteiger partial charge in [0.05, 0.1) is 24.1 Å². The Morgan fingerprint density at radius 1 is 0.829 bits per heavy atom. The zero-order chi connectivity index (χ0) is 24.8. The number of fused-ring (bicyclic) bond motifs is 2. The van der Waals surface area contributed by atoms with Gasteiger partial charge in [0, 0.05) is 10.6 Å². The summed E-state index contributed by atoms with van der Waals surface area (Å²) in [5.74, 6) is -2.82. The van der Waals surface area contributed by atoms with Crippen LogP contribution in [0.5, 0.6) is 0 Å². The van der Waals surface area contributed by atoms with Gasteiger partial charge < -0.3 is 9.47 Å². The zero-order valence-electron chi connectivity index (χ0n) is 18.7. The second-order valence-electron chi connectivity index (χ2n) is 8.76. The van der Waals surface area contributed by atoms with Gasteiger partial charge in [-0.1, -0.05) is 85.3 Å². The quantitative estimate of drug-likeness (QED) is 0.487. The Morgan fingerprint density at radius 2 is 1.43 bits per heavy atom. The Morgan fingerprint density at radius 3 is 2.00 bits per heavy atom. The van der Waals surface area contributed by atoms with E-state index < -0.39 is 34.5 Å². The molecular formula is C28H19ClN4O2. The number of benzene rings is 3. The molecule has 3 aromatic rings. The fourth-order valence-electron chi connectivity index (χ4n) is 5.33. The summed E-state index contributed by atoms with van der Waals surface area (Å²) in [6.07, 6.45) is -1.16. The molecule has 2 aliphatic heterocycles.